The molecule has 0 aromatic carbocycles. The van der Waals surface area contributed by atoms with Crippen molar-refractivity contribution in [2.24, 2.45) is 0 Å². The van der Waals surface area contributed by atoms with Crippen LogP contribution >= 0.6 is 0 Å². The fraction of sp³-hybridized carbons (Fsp3) is 0.688. The number of aliphatic hydroxyl groups excluding tert-OH is 3. The number of rotatable bonds is 4. The molecule has 2 aliphatic rings. The molecule has 0 radical (unpaired) electrons. The van der Waals surface area contributed by atoms with E-state index in [4.69, 9.17) is 20.7 Å². The SMILES string of the molecule is COC(=O)C1O[C@@H](On2c(N)cc(N3CCCCC3)nc2=N)C(O)[C@@H](O)[C@@H]1O. The summed E-state index contributed by atoms with van der Waals surface area (Å²) < 4.78 is 10.6. The van der Waals surface area contributed by atoms with Gasteiger partial charge in [0.1, 0.15) is 29.9 Å². The zero-order valence-corrected chi connectivity index (χ0v) is 15.4. The molecule has 0 amide bonds. The number of hydrogen-bond acceptors (Lipinski definition) is 11. The summed E-state index contributed by atoms with van der Waals surface area (Å²) in [6.07, 6.45) is -5.13. The molecule has 6 N–H and O–H groups in total. The number of nitrogen functional groups attached to an aromatic ring is 1. The molecule has 3 rings (SSSR count). The van der Waals surface area contributed by atoms with Crippen LogP contribution in [0.3, 0.4) is 0 Å². The second kappa shape index (κ2) is 8.31. The minimum absolute atomic E-state index is 0.0200. The number of aliphatic hydroxyl groups is 3. The Bertz CT molecular complexity index is 766. The zero-order valence-electron chi connectivity index (χ0n) is 15.4. The Labute approximate surface area is 160 Å². The molecule has 2 saturated heterocycles. The van der Waals surface area contributed by atoms with Gasteiger partial charge in [-0.2, -0.15) is 4.98 Å². The van der Waals surface area contributed by atoms with Gasteiger partial charge in [-0.3, -0.25) is 5.41 Å². The van der Waals surface area contributed by atoms with Gasteiger partial charge >= 0.3 is 5.97 Å². The summed E-state index contributed by atoms with van der Waals surface area (Å²) in [5.41, 5.74) is 5.63. The highest BCUT2D eigenvalue weighted by atomic mass is 16.8. The molecule has 2 unspecified atom stereocenters. The Balaban J connectivity index is 1.81. The minimum atomic E-state index is -1.74. The highest BCUT2D eigenvalue weighted by Gasteiger charge is 2.49. The minimum Gasteiger partial charge on any atom is -0.467 e. The van der Waals surface area contributed by atoms with Gasteiger partial charge in [0.25, 0.3) is 11.9 Å². The van der Waals surface area contributed by atoms with Crippen LogP contribution in [0, 0.1) is 5.41 Å². The maximum atomic E-state index is 11.7. The Hall–Kier alpha value is -2.41. The van der Waals surface area contributed by atoms with Crippen molar-refractivity contribution in [2.45, 2.75) is 50.0 Å². The topological polar surface area (TPSA) is 176 Å². The number of nitrogens with one attached hydrogen (secondary N) is 1. The van der Waals surface area contributed by atoms with Gasteiger partial charge in [0.2, 0.25) is 0 Å². The monoisotopic (exact) mass is 399 g/mol. The number of piperidine rings is 1. The van der Waals surface area contributed by atoms with Gasteiger partial charge in [-0.1, -0.05) is 0 Å². The summed E-state index contributed by atoms with van der Waals surface area (Å²) in [7, 11) is 1.09. The summed E-state index contributed by atoms with van der Waals surface area (Å²) in [4.78, 5) is 23.3. The van der Waals surface area contributed by atoms with Gasteiger partial charge in [-0.15, -0.1) is 4.73 Å². The van der Waals surface area contributed by atoms with E-state index in [2.05, 4.69) is 9.72 Å². The summed E-state index contributed by atoms with van der Waals surface area (Å²) in [5.74, 6) is -0.392. The predicted molar refractivity (Wildman–Crippen MR) is 93.8 cm³/mol. The van der Waals surface area contributed by atoms with Crippen LogP contribution in [0.1, 0.15) is 19.3 Å². The van der Waals surface area contributed by atoms with Crippen LogP contribution in [0.5, 0.6) is 0 Å². The van der Waals surface area contributed by atoms with Crippen molar-refractivity contribution in [1.29, 1.82) is 5.41 Å². The predicted octanol–water partition coefficient (Wildman–Crippen LogP) is -2.66. The molecule has 0 saturated carbocycles. The first-order chi connectivity index (χ1) is 13.3. The number of aromatic nitrogens is 2. The second-order valence-electron chi connectivity index (χ2n) is 6.73. The highest BCUT2D eigenvalue weighted by Crippen LogP contribution is 2.23. The molecule has 28 heavy (non-hydrogen) atoms. The molecule has 1 aromatic rings. The van der Waals surface area contributed by atoms with Crippen LogP contribution in [-0.2, 0) is 14.3 Å². The van der Waals surface area contributed by atoms with Crippen molar-refractivity contribution in [2.75, 3.05) is 30.8 Å². The Morgan fingerprint density at radius 2 is 1.93 bits per heavy atom. The lowest BCUT2D eigenvalue weighted by Gasteiger charge is -2.38. The lowest BCUT2D eigenvalue weighted by molar-refractivity contribution is -0.294. The van der Waals surface area contributed by atoms with Crippen LogP contribution in [0.2, 0.25) is 0 Å². The molecule has 0 spiro atoms. The Morgan fingerprint density at radius 1 is 1.25 bits per heavy atom. The normalized spacial score (nSPS) is 30.7. The van der Waals surface area contributed by atoms with Gasteiger partial charge in [0.15, 0.2) is 6.10 Å². The number of ether oxygens (including phenoxy) is 2. The summed E-state index contributed by atoms with van der Waals surface area (Å²) in [6, 6.07) is 1.53. The smallest absolute Gasteiger partial charge is 0.337 e. The standard InChI is InChI=1S/C16H25N5O7/c1-26-14(25)13-11(23)10(22)12(24)15(27-13)28-21-8(17)7-9(19-16(21)18)20-5-3-2-4-6-20/h7,10-13,15,18,22-24H,2-6,17H2,1H3/t10-,11-,12?,13?,15-/m0/s1. The van der Waals surface area contributed by atoms with Crippen molar-refractivity contribution in [1.82, 2.24) is 9.71 Å². The molecule has 12 nitrogen and oxygen atoms in total. The van der Waals surface area contributed by atoms with E-state index in [9.17, 15) is 20.1 Å². The van der Waals surface area contributed by atoms with Crippen LogP contribution < -0.4 is 21.1 Å². The molecular formula is C16H25N5O7. The second-order valence-corrected chi connectivity index (χ2v) is 6.73. The van der Waals surface area contributed by atoms with Crippen molar-refractivity contribution >= 4 is 17.6 Å². The molecule has 1 aromatic heterocycles. The van der Waals surface area contributed by atoms with Gasteiger partial charge in [-0.25, -0.2) is 4.79 Å². The number of carbonyl (C=O) groups excluding carboxylic acids is 1. The van der Waals surface area contributed by atoms with E-state index in [0.29, 0.717) is 5.82 Å². The van der Waals surface area contributed by atoms with Gasteiger partial charge < -0.3 is 40.3 Å². The molecule has 2 aliphatic heterocycles. The number of esters is 1. The van der Waals surface area contributed by atoms with Crippen LogP contribution in [0.15, 0.2) is 6.07 Å². The fourth-order valence-corrected chi connectivity index (χ4v) is 3.24. The van der Waals surface area contributed by atoms with E-state index >= 15 is 0 Å². The molecule has 3 heterocycles. The van der Waals surface area contributed by atoms with Gasteiger partial charge in [0, 0.05) is 19.2 Å². The van der Waals surface area contributed by atoms with E-state index in [1.807, 2.05) is 4.90 Å². The Morgan fingerprint density at radius 3 is 2.54 bits per heavy atom. The third kappa shape index (κ3) is 3.90. The Kier molecular flexibility index (Phi) is 6.03. The first-order valence-electron chi connectivity index (χ1n) is 8.97. The number of nitrogens with two attached hydrogens (primary N) is 1. The van der Waals surface area contributed by atoms with Crippen molar-refractivity contribution in [3.8, 4) is 0 Å². The first-order valence-corrected chi connectivity index (χ1v) is 8.97. The van der Waals surface area contributed by atoms with Gasteiger partial charge in [0.05, 0.1) is 7.11 Å². The third-order valence-corrected chi connectivity index (χ3v) is 4.82. The van der Waals surface area contributed by atoms with E-state index in [0.717, 1.165) is 44.2 Å². The van der Waals surface area contributed by atoms with Crippen molar-refractivity contribution in [3.63, 3.8) is 0 Å². The number of nitrogens with zero attached hydrogens (tertiary/aromatic N) is 3. The van der Waals surface area contributed by atoms with Crippen molar-refractivity contribution < 1.29 is 34.4 Å². The number of anilines is 2. The number of methoxy groups -OCH3 is 1. The van der Waals surface area contributed by atoms with E-state index in [-0.39, 0.29) is 11.4 Å². The van der Waals surface area contributed by atoms with E-state index in [1.54, 1.807) is 0 Å². The molecule has 5 atom stereocenters. The highest BCUT2D eigenvalue weighted by molar-refractivity contribution is 5.75. The van der Waals surface area contributed by atoms with Crippen LogP contribution in [0.25, 0.3) is 0 Å². The maximum absolute atomic E-state index is 11.7. The molecule has 0 bridgehead atoms. The average Bonchev–Trinajstić information content (AvgIpc) is 2.70. The fourth-order valence-electron chi connectivity index (χ4n) is 3.24. The summed E-state index contributed by atoms with van der Waals surface area (Å²) >= 11 is 0. The van der Waals surface area contributed by atoms with E-state index < -0.39 is 36.7 Å². The lowest BCUT2D eigenvalue weighted by Crippen LogP contribution is -2.62. The quantitative estimate of drug-likeness (QED) is 0.336. The van der Waals surface area contributed by atoms with Crippen LogP contribution in [-0.4, -0.2) is 81.9 Å². The molecule has 0 aliphatic carbocycles. The zero-order chi connectivity index (χ0) is 20.4. The molecule has 12 heteroatoms. The summed E-state index contributed by atoms with van der Waals surface area (Å²) in [5, 5.41) is 38.1. The number of carbonyl (C=O) groups is 1. The molecule has 2 fully saturated rings. The molecule has 156 valence electrons. The van der Waals surface area contributed by atoms with Gasteiger partial charge in [-0.05, 0) is 19.3 Å². The first kappa shape index (κ1) is 20.3. The average molecular weight is 399 g/mol. The largest absolute Gasteiger partial charge is 0.467 e. The van der Waals surface area contributed by atoms with E-state index in [1.165, 1.54) is 6.07 Å². The third-order valence-electron chi connectivity index (χ3n) is 4.82. The lowest BCUT2D eigenvalue weighted by atomic mass is 9.99. The summed E-state index contributed by atoms with van der Waals surface area (Å²) in [6.45, 7) is 1.62. The maximum Gasteiger partial charge on any atom is 0.337 e. The van der Waals surface area contributed by atoms with Crippen molar-refractivity contribution in [3.05, 3.63) is 11.7 Å². The van der Waals surface area contributed by atoms with Crippen LogP contribution in [0.4, 0.5) is 11.6 Å². The molecular weight excluding hydrogens is 374 g/mol. The number of hydrogen-bond donors (Lipinski definition) is 5.